The molecule has 3 aromatic rings. The number of imidazole rings is 1. The number of aryl methyl sites for hydroxylation is 1. The highest BCUT2D eigenvalue weighted by Crippen LogP contribution is 2.21. The van der Waals surface area contributed by atoms with E-state index in [2.05, 4.69) is 15.3 Å². The van der Waals surface area contributed by atoms with Crippen LogP contribution in [0.5, 0.6) is 0 Å². The molecule has 6 nitrogen and oxygen atoms in total. The van der Waals surface area contributed by atoms with Crippen molar-refractivity contribution in [1.29, 1.82) is 0 Å². The third-order valence-corrected chi connectivity index (χ3v) is 2.86. The first-order chi connectivity index (χ1) is 9.25. The second-order valence-corrected chi connectivity index (χ2v) is 4.27. The molecule has 0 saturated heterocycles. The van der Waals surface area contributed by atoms with Gasteiger partial charge in [-0.25, -0.2) is 9.67 Å². The number of rotatable bonds is 3. The lowest BCUT2D eigenvalue weighted by Gasteiger charge is -2.10. The Morgan fingerprint density at radius 1 is 1.21 bits per heavy atom. The van der Waals surface area contributed by atoms with Crippen LogP contribution in [0.25, 0.3) is 5.69 Å². The zero-order valence-electron chi connectivity index (χ0n) is 10.4. The van der Waals surface area contributed by atoms with Crippen molar-refractivity contribution >= 4 is 0 Å². The van der Waals surface area contributed by atoms with Crippen molar-refractivity contribution in [3.05, 3.63) is 60.4 Å². The van der Waals surface area contributed by atoms with Crippen LogP contribution in [-0.4, -0.2) is 29.7 Å². The molecule has 0 fully saturated rings. The number of aliphatic hydroxyl groups is 1. The molecule has 0 amide bonds. The lowest BCUT2D eigenvalue weighted by Crippen LogP contribution is -2.08. The van der Waals surface area contributed by atoms with Gasteiger partial charge in [0.2, 0.25) is 0 Å². The molecular weight excluding hydrogens is 242 g/mol. The predicted octanol–water partition coefficient (Wildman–Crippen LogP) is 1.08. The number of hydrogen-bond donors (Lipinski definition) is 1. The third-order valence-electron chi connectivity index (χ3n) is 2.86. The fourth-order valence-electron chi connectivity index (χ4n) is 1.93. The molecule has 1 aromatic carbocycles. The number of para-hydroxylation sites is 1. The Balaban J connectivity index is 2.01. The molecule has 0 saturated carbocycles. The van der Waals surface area contributed by atoms with Gasteiger partial charge in [0.25, 0.3) is 0 Å². The van der Waals surface area contributed by atoms with Crippen molar-refractivity contribution in [1.82, 2.24) is 24.5 Å². The normalized spacial score (nSPS) is 12.5. The van der Waals surface area contributed by atoms with Crippen molar-refractivity contribution in [3.8, 4) is 5.69 Å². The summed E-state index contributed by atoms with van der Waals surface area (Å²) in [6, 6.07) is 9.56. The maximum absolute atomic E-state index is 10.4. The first kappa shape index (κ1) is 11.6. The van der Waals surface area contributed by atoms with E-state index in [0.717, 1.165) is 5.69 Å². The molecule has 6 heteroatoms. The summed E-state index contributed by atoms with van der Waals surface area (Å²) >= 11 is 0. The van der Waals surface area contributed by atoms with E-state index < -0.39 is 6.10 Å². The minimum absolute atomic E-state index is 0.571. The van der Waals surface area contributed by atoms with Gasteiger partial charge < -0.3 is 9.67 Å². The van der Waals surface area contributed by atoms with Crippen LogP contribution in [0.1, 0.15) is 17.5 Å². The van der Waals surface area contributed by atoms with Crippen LogP contribution < -0.4 is 0 Å². The number of nitrogens with zero attached hydrogens (tertiary/aromatic N) is 5. The molecule has 0 spiro atoms. The largest absolute Gasteiger partial charge is 0.380 e. The van der Waals surface area contributed by atoms with Crippen molar-refractivity contribution in [2.24, 2.45) is 7.05 Å². The van der Waals surface area contributed by atoms with Crippen LogP contribution in [0.4, 0.5) is 0 Å². The highest BCUT2D eigenvalue weighted by molar-refractivity contribution is 5.33. The van der Waals surface area contributed by atoms with Gasteiger partial charge in [0.15, 0.2) is 0 Å². The smallest absolute Gasteiger partial charge is 0.141 e. The quantitative estimate of drug-likeness (QED) is 0.760. The Morgan fingerprint density at radius 3 is 2.68 bits per heavy atom. The van der Waals surface area contributed by atoms with E-state index in [1.807, 2.05) is 37.4 Å². The Hall–Kier alpha value is -2.47. The summed E-state index contributed by atoms with van der Waals surface area (Å²) < 4.78 is 3.40. The number of aromatic nitrogens is 5. The van der Waals surface area contributed by atoms with E-state index in [9.17, 15) is 5.11 Å². The van der Waals surface area contributed by atoms with Gasteiger partial charge in [-0.3, -0.25) is 0 Å². The van der Waals surface area contributed by atoms with E-state index in [4.69, 9.17) is 0 Å². The third kappa shape index (κ3) is 2.13. The molecule has 96 valence electrons. The average Bonchev–Trinajstić information content (AvgIpc) is 3.07. The van der Waals surface area contributed by atoms with Gasteiger partial charge >= 0.3 is 0 Å². The van der Waals surface area contributed by atoms with Gasteiger partial charge in [-0.2, -0.15) is 0 Å². The number of aliphatic hydroxyl groups excluding tert-OH is 1. The first-order valence-corrected chi connectivity index (χ1v) is 5.87. The van der Waals surface area contributed by atoms with Crippen LogP contribution in [0.15, 0.2) is 49.1 Å². The highest BCUT2D eigenvalue weighted by atomic mass is 16.3. The average molecular weight is 255 g/mol. The Kier molecular flexibility index (Phi) is 2.85. The van der Waals surface area contributed by atoms with Gasteiger partial charge in [0.1, 0.15) is 6.10 Å². The van der Waals surface area contributed by atoms with Gasteiger partial charge in [0.05, 0.1) is 29.6 Å². The maximum atomic E-state index is 10.4. The van der Waals surface area contributed by atoms with Crippen LogP contribution in [-0.2, 0) is 7.05 Å². The molecule has 0 aliphatic carbocycles. The molecule has 3 rings (SSSR count). The molecule has 0 radical (unpaired) electrons. The summed E-state index contributed by atoms with van der Waals surface area (Å²) in [7, 11) is 1.86. The van der Waals surface area contributed by atoms with Crippen molar-refractivity contribution in [3.63, 3.8) is 0 Å². The second kappa shape index (κ2) is 4.66. The van der Waals surface area contributed by atoms with Crippen LogP contribution >= 0.6 is 0 Å². The van der Waals surface area contributed by atoms with Crippen LogP contribution in [0.2, 0.25) is 0 Å². The van der Waals surface area contributed by atoms with E-state index in [1.165, 1.54) is 0 Å². The summed E-state index contributed by atoms with van der Waals surface area (Å²) in [4.78, 5) is 4.15. The molecule has 0 aliphatic heterocycles. The Bertz CT molecular complexity index is 673. The fraction of sp³-hybridized carbons (Fsp3) is 0.154. The van der Waals surface area contributed by atoms with Crippen molar-refractivity contribution < 1.29 is 5.11 Å². The van der Waals surface area contributed by atoms with Gasteiger partial charge in [-0.1, -0.05) is 23.4 Å². The molecule has 0 bridgehead atoms. The molecule has 19 heavy (non-hydrogen) atoms. The Morgan fingerprint density at radius 2 is 2.00 bits per heavy atom. The Labute approximate surface area is 110 Å². The maximum Gasteiger partial charge on any atom is 0.141 e. The summed E-state index contributed by atoms with van der Waals surface area (Å²) in [6.07, 6.45) is 4.12. The van der Waals surface area contributed by atoms with Crippen LogP contribution in [0, 0.1) is 0 Å². The molecular formula is C13H13N5O. The topological polar surface area (TPSA) is 68.8 Å². The minimum atomic E-state index is -0.851. The predicted molar refractivity (Wildman–Crippen MR) is 68.6 cm³/mol. The second-order valence-electron chi connectivity index (χ2n) is 4.27. The number of benzene rings is 1. The molecule has 2 aromatic heterocycles. The highest BCUT2D eigenvalue weighted by Gasteiger charge is 2.19. The van der Waals surface area contributed by atoms with Crippen molar-refractivity contribution in [2.45, 2.75) is 6.10 Å². The molecule has 1 unspecified atom stereocenters. The minimum Gasteiger partial charge on any atom is -0.380 e. The zero-order valence-corrected chi connectivity index (χ0v) is 10.4. The number of hydrogen-bond acceptors (Lipinski definition) is 4. The van der Waals surface area contributed by atoms with E-state index in [0.29, 0.717) is 11.4 Å². The molecule has 1 atom stereocenters. The molecule has 0 aliphatic rings. The lowest BCUT2D eigenvalue weighted by atomic mass is 10.2. The van der Waals surface area contributed by atoms with Gasteiger partial charge in [-0.05, 0) is 12.1 Å². The first-order valence-electron chi connectivity index (χ1n) is 5.87. The van der Waals surface area contributed by atoms with E-state index in [-0.39, 0.29) is 0 Å². The van der Waals surface area contributed by atoms with E-state index >= 15 is 0 Å². The summed E-state index contributed by atoms with van der Waals surface area (Å²) in [5.41, 5.74) is 2.01. The monoisotopic (exact) mass is 255 g/mol. The summed E-state index contributed by atoms with van der Waals surface area (Å²) in [6.45, 7) is 0. The standard InChI is InChI=1S/C13H13N5O/c1-17-8-11(14-9-17)13(19)12-7-15-16-18(12)10-5-3-2-4-6-10/h2-9,13,19H,1H3. The zero-order chi connectivity index (χ0) is 13.2. The molecule has 2 heterocycles. The SMILES string of the molecule is Cn1cnc(C(O)c2cnnn2-c2ccccc2)c1. The summed E-state index contributed by atoms with van der Waals surface area (Å²) in [5, 5.41) is 18.2. The van der Waals surface area contributed by atoms with Crippen molar-refractivity contribution in [2.75, 3.05) is 0 Å². The van der Waals surface area contributed by atoms with Gasteiger partial charge in [-0.15, -0.1) is 5.10 Å². The lowest BCUT2D eigenvalue weighted by molar-refractivity contribution is 0.207. The van der Waals surface area contributed by atoms with E-state index in [1.54, 1.807) is 28.0 Å². The summed E-state index contributed by atoms with van der Waals surface area (Å²) in [5.74, 6) is 0. The molecule has 1 N–H and O–H groups in total. The van der Waals surface area contributed by atoms with Gasteiger partial charge in [0, 0.05) is 13.2 Å². The van der Waals surface area contributed by atoms with Crippen LogP contribution in [0.3, 0.4) is 0 Å². The fourth-order valence-corrected chi connectivity index (χ4v) is 1.93.